The molecule has 1 aromatic carbocycles. The molecular weight excluding hydrogens is 531 g/mol. The monoisotopic (exact) mass is 561 g/mol. The van der Waals surface area contributed by atoms with E-state index in [2.05, 4.69) is 39.7 Å². The maximum atomic E-state index is 13.3. The summed E-state index contributed by atoms with van der Waals surface area (Å²) < 4.78 is 44.5. The summed E-state index contributed by atoms with van der Waals surface area (Å²) >= 11 is 0. The number of benzene rings is 1. The Morgan fingerprint density at radius 3 is 2.46 bits per heavy atom. The van der Waals surface area contributed by atoms with E-state index in [0.29, 0.717) is 22.8 Å². The van der Waals surface area contributed by atoms with Crippen LogP contribution in [0, 0.1) is 0 Å². The van der Waals surface area contributed by atoms with Gasteiger partial charge in [0, 0.05) is 79.0 Å². The van der Waals surface area contributed by atoms with Crippen molar-refractivity contribution in [2.75, 3.05) is 5.73 Å². The molecule has 5 aromatic rings. The first-order valence-electron chi connectivity index (χ1n) is 13.4. The SMILES string of the molecule is CC(C)c1nc2nn(C)cc2cc1-c1nc(-c2cccc(N)c2C=Nc2cc(C(F)(F)F)n(C)n2)c(C2CC2)n1C. The minimum Gasteiger partial charge on any atom is -0.398 e. The second-order valence-corrected chi connectivity index (χ2v) is 10.9. The Morgan fingerprint density at radius 2 is 1.80 bits per heavy atom. The Morgan fingerprint density at radius 1 is 1.05 bits per heavy atom. The summed E-state index contributed by atoms with van der Waals surface area (Å²) in [5.74, 6) is 1.20. The molecule has 41 heavy (non-hydrogen) atoms. The first kappa shape index (κ1) is 26.7. The van der Waals surface area contributed by atoms with E-state index >= 15 is 0 Å². The second kappa shape index (κ2) is 9.57. The number of nitrogens with zero attached hydrogens (tertiary/aromatic N) is 8. The van der Waals surface area contributed by atoms with Crippen molar-refractivity contribution in [2.24, 2.45) is 26.1 Å². The predicted octanol–water partition coefficient (Wildman–Crippen LogP) is 6.12. The van der Waals surface area contributed by atoms with Crippen LogP contribution in [0.1, 0.15) is 61.2 Å². The lowest BCUT2D eigenvalue weighted by molar-refractivity contribution is -0.143. The number of halogens is 3. The lowest BCUT2D eigenvalue weighted by atomic mass is 10.0. The third-order valence-electron chi connectivity index (χ3n) is 7.41. The number of fused-ring (bicyclic) bond motifs is 1. The van der Waals surface area contributed by atoms with Crippen LogP contribution < -0.4 is 5.73 Å². The number of hydrogen-bond acceptors (Lipinski definition) is 6. The molecular formula is C29H30F3N9. The number of hydrogen-bond donors (Lipinski definition) is 1. The van der Waals surface area contributed by atoms with E-state index < -0.39 is 11.9 Å². The predicted molar refractivity (Wildman–Crippen MR) is 152 cm³/mol. The number of aromatic nitrogens is 7. The van der Waals surface area contributed by atoms with Crippen LogP contribution in [0.2, 0.25) is 0 Å². The number of nitrogen functional groups attached to an aromatic ring is 1. The van der Waals surface area contributed by atoms with Gasteiger partial charge < -0.3 is 10.3 Å². The Kier molecular flexibility index (Phi) is 6.24. The average molecular weight is 562 g/mol. The zero-order chi connectivity index (χ0) is 29.2. The van der Waals surface area contributed by atoms with E-state index in [0.717, 1.165) is 63.0 Å². The summed E-state index contributed by atoms with van der Waals surface area (Å²) in [4.78, 5) is 14.4. The van der Waals surface area contributed by atoms with Gasteiger partial charge in [-0.2, -0.15) is 23.4 Å². The number of anilines is 1. The third kappa shape index (κ3) is 4.76. The van der Waals surface area contributed by atoms with Crippen LogP contribution in [0.25, 0.3) is 33.7 Å². The molecule has 0 atom stereocenters. The fourth-order valence-electron chi connectivity index (χ4n) is 5.33. The van der Waals surface area contributed by atoms with Gasteiger partial charge in [0.1, 0.15) is 11.5 Å². The van der Waals surface area contributed by atoms with Gasteiger partial charge in [0.15, 0.2) is 11.5 Å². The number of aliphatic imine (C=N–C) groups is 1. The van der Waals surface area contributed by atoms with Gasteiger partial charge in [-0.15, -0.1) is 0 Å². The Hall–Kier alpha value is -4.48. The number of aryl methyl sites for hydroxylation is 2. The molecule has 9 nitrogen and oxygen atoms in total. The summed E-state index contributed by atoms with van der Waals surface area (Å²) in [7, 11) is 5.13. The highest BCUT2D eigenvalue weighted by Crippen LogP contribution is 2.47. The molecule has 2 N–H and O–H groups in total. The maximum absolute atomic E-state index is 13.3. The Labute approximate surface area is 234 Å². The van der Waals surface area contributed by atoms with Crippen LogP contribution >= 0.6 is 0 Å². The molecule has 4 heterocycles. The molecule has 1 fully saturated rings. The molecule has 0 aliphatic heterocycles. The topological polar surface area (TPSA) is 105 Å². The van der Waals surface area contributed by atoms with Crippen molar-refractivity contribution in [3.8, 4) is 22.6 Å². The quantitative estimate of drug-likeness (QED) is 0.199. The van der Waals surface area contributed by atoms with Crippen molar-refractivity contribution in [3.05, 3.63) is 59.2 Å². The number of pyridine rings is 1. The smallest absolute Gasteiger partial charge is 0.398 e. The average Bonchev–Trinajstić information content (AvgIpc) is 3.41. The van der Waals surface area contributed by atoms with Crippen LogP contribution in [-0.4, -0.2) is 40.3 Å². The summed E-state index contributed by atoms with van der Waals surface area (Å²) in [5.41, 5.74) is 11.7. The highest BCUT2D eigenvalue weighted by atomic mass is 19.4. The summed E-state index contributed by atoms with van der Waals surface area (Å²) in [6, 6.07) is 8.51. The van der Waals surface area contributed by atoms with Gasteiger partial charge in [0.2, 0.25) is 0 Å². The summed E-state index contributed by atoms with van der Waals surface area (Å²) in [5, 5.41) is 9.33. The van der Waals surface area contributed by atoms with Gasteiger partial charge in [-0.05, 0) is 30.9 Å². The molecule has 4 aromatic heterocycles. The lowest BCUT2D eigenvalue weighted by Crippen LogP contribution is -2.11. The zero-order valence-corrected chi connectivity index (χ0v) is 23.4. The molecule has 0 bridgehead atoms. The van der Waals surface area contributed by atoms with Gasteiger partial charge in [-0.25, -0.2) is 15.0 Å². The fourth-order valence-corrected chi connectivity index (χ4v) is 5.33. The largest absolute Gasteiger partial charge is 0.433 e. The van der Waals surface area contributed by atoms with Crippen molar-refractivity contribution in [3.63, 3.8) is 0 Å². The van der Waals surface area contributed by atoms with Crippen molar-refractivity contribution >= 4 is 28.8 Å². The minimum absolute atomic E-state index is 0.0597. The maximum Gasteiger partial charge on any atom is 0.433 e. The molecule has 0 amide bonds. The molecule has 0 saturated heterocycles. The highest BCUT2D eigenvalue weighted by Gasteiger charge is 2.35. The third-order valence-corrected chi connectivity index (χ3v) is 7.41. The van der Waals surface area contributed by atoms with E-state index in [4.69, 9.17) is 15.7 Å². The number of nitrogens with two attached hydrogens (primary N) is 1. The van der Waals surface area contributed by atoms with Crippen LogP contribution in [0.3, 0.4) is 0 Å². The van der Waals surface area contributed by atoms with Crippen molar-refractivity contribution in [2.45, 2.75) is 44.7 Å². The van der Waals surface area contributed by atoms with Crippen LogP contribution in [0.15, 0.2) is 41.5 Å². The first-order valence-corrected chi connectivity index (χ1v) is 13.4. The first-order chi connectivity index (χ1) is 19.4. The second-order valence-electron chi connectivity index (χ2n) is 10.9. The summed E-state index contributed by atoms with van der Waals surface area (Å²) in [6.07, 6.45) is 0.973. The number of alkyl halides is 3. The Balaban J connectivity index is 1.50. The van der Waals surface area contributed by atoms with Gasteiger partial charge >= 0.3 is 6.18 Å². The standard InChI is InChI=1S/C29H30F3N9/c1-15(2)24-19(11-17-14-39(3)38-27(17)35-24)28-36-25(26(40(28)4)16-9-10-16)18-7-6-8-21(33)20(18)13-34-23-12-22(29(30,31)32)41(5)37-23/h6-8,11-16H,9-10,33H2,1-5H3. The number of rotatable bonds is 6. The molecule has 6 rings (SSSR count). The van der Waals surface area contributed by atoms with Gasteiger partial charge in [-0.3, -0.25) is 9.36 Å². The van der Waals surface area contributed by atoms with Gasteiger partial charge in [-0.1, -0.05) is 26.0 Å². The van der Waals surface area contributed by atoms with Gasteiger partial charge in [0.05, 0.1) is 11.4 Å². The summed E-state index contributed by atoms with van der Waals surface area (Å²) in [6.45, 7) is 4.20. The van der Waals surface area contributed by atoms with E-state index in [1.54, 1.807) is 10.7 Å². The molecule has 12 heteroatoms. The molecule has 1 aliphatic rings. The minimum atomic E-state index is -4.53. The van der Waals surface area contributed by atoms with Crippen LogP contribution in [-0.2, 0) is 27.3 Å². The molecule has 0 spiro atoms. The fraction of sp³-hybridized carbons (Fsp3) is 0.345. The highest BCUT2D eigenvalue weighted by molar-refractivity contribution is 5.97. The normalized spacial score (nSPS) is 14.3. The van der Waals surface area contributed by atoms with Crippen LogP contribution in [0.4, 0.5) is 24.7 Å². The lowest BCUT2D eigenvalue weighted by Gasteiger charge is -2.12. The van der Waals surface area contributed by atoms with Crippen LogP contribution in [0.5, 0.6) is 0 Å². The molecule has 212 valence electrons. The van der Waals surface area contributed by atoms with Gasteiger partial charge in [0.25, 0.3) is 0 Å². The number of imidazole rings is 1. The zero-order valence-electron chi connectivity index (χ0n) is 23.4. The van der Waals surface area contributed by atoms with E-state index in [-0.39, 0.29) is 11.7 Å². The molecule has 0 radical (unpaired) electrons. The Bertz CT molecular complexity index is 1820. The van der Waals surface area contributed by atoms with Crippen molar-refractivity contribution < 1.29 is 13.2 Å². The van der Waals surface area contributed by atoms with E-state index in [9.17, 15) is 13.2 Å². The van der Waals surface area contributed by atoms with E-state index in [1.165, 1.54) is 13.3 Å². The van der Waals surface area contributed by atoms with Crippen molar-refractivity contribution in [1.29, 1.82) is 0 Å². The molecule has 0 unspecified atom stereocenters. The van der Waals surface area contributed by atoms with Crippen molar-refractivity contribution in [1.82, 2.24) is 34.1 Å². The van der Waals surface area contributed by atoms with E-state index in [1.807, 2.05) is 32.4 Å². The molecule has 1 saturated carbocycles. The molecule has 1 aliphatic carbocycles.